The van der Waals surface area contributed by atoms with Crippen LogP contribution in [0.2, 0.25) is 0 Å². The van der Waals surface area contributed by atoms with Gasteiger partial charge in [-0.1, -0.05) is 30.3 Å². The van der Waals surface area contributed by atoms with Crippen molar-refractivity contribution in [1.82, 2.24) is 14.7 Å². The van der Waals surface area contributed by atoms with Gasteiger partial charge in [-0.25, -0.2) is 4.79 Å². The molecule has 1 atom stereocenters. The average molecular weight is 446 g/mol. The molecule has 0 bridgehead atoms. The lowest BCUT2D eigenvalue weighted by molar-refractivity contribution is -0.143. The van der Waals surface area contributed by atoms with E-state index in [0.29, 0.717) is 51.4 Å². The molecule has 9 nitrogen and oxygen atoms in total. The molecule has 1 aromatic rings. The molecule has 2 aliphatic rings. The Labute approximate surface area is 188 Å². The van der Waals surface area contributed by atoms with E-state index in [0.717, 1.165) is 0 Å². The minimum atomic E-state index is -1.21. The van der Waals surface area contributed by atoms with Crippen LogP contribution in [0.3, 0.4) is 0 Å². The lowest BCUT2D eigenvalue weighted by Gasteiger charge is -2.36. The molecule has 2 fully saturated rings. The van der Waals surface area contributed by atoms with E-state index in [9.17, 15) is 19.2 Å². The van der Waals surface area contributed by atoms with E-state index in [2.05, 4.69) is 0 Å². The number of likely N-dealkylation sites (tertiary alicyclic amines) is 1. The van der Waals surface area contributed by atoms with Gasteiger partial charge < -0.3 is 19.3 Å². The van der Waals surface area contributed by atoms with E-state index >= 15 is 0 Å². The minimum Gasteiger partial charge on any atom is -0.450 e. The molecule has 3 rings (SSSR count). The second kappa shape index (κ2) is 10.6. The summed E-state index contributed by atoms with van der Waals surface area (Å²) < 4.78 is 10.1. The molecule has 0 saturated carbocycles. The summed E-state index contributed by atoms with van der Waals surface area (Å²) in [6, 6.07) is 9.06. The van der Waals surface area contributed by atoms with E-state index in [4.69, 9.17) is 9.47 Å². The zero-order valence-corrected chi connectivity index (χ0v) is 18.7. The number of carbonyl (C=O) groups is 4. The standard InChI is InChI=1S/C23H31N3O6/c1-3-32-22(30)25-13-11-24(12-14-25)19(27)16-23(18-8-5-4-6-9-18)17-20(28)26(21(23)29)10-7-15-31-2/h4-6,8-9H,3,7,10-17H2,1-2H3/t23-/m1/s1. The Hall–Kier alpha value is -2.94. The topological polar surface area (TPSA) is 96.5 Å². The Morgan fingerprint density at radius 1 is 1.03 bits per heavy atom. The van der Waals surface area contributed by atoms with Crippen LogP contribution in [0.15, 0.2) is 30.3 Å². The SMILES string of the molecule is CCOC(=O)N1CCN(C(=O)C[C@]2(c3ccccc3)CC(=O)N(CCCOC)C2=O)CC1. The number of imide groups is 1. The summed E-state index contributed by atoms with van der Waals surface area (Å²) in [7, 11) is 1.57. The summed E-state index contributed by atoms with van der Waals surface area (Å²) in [4.78, 5) is 55.9. The Kier molecular flexibility index (Phi) is 7.84. The van der Waals surface area contributed by atoms with Crippen LogP contribution in [-0.4, -0.2) is 91.6 Å². The van der Waals surface area contributed by atoms with Gasteiger partial charge in [0.2, 0.25) is 17.7 Å². The highest BCUT2D eigenvalue weighted by Crippen LogP contribution is 2.40. The molecule has 0 aliphatic carbocycles. The first-order valence-corrected chi connectivity index (χ1v) is 11.0. The van der Waals surface area contributed by atoms with Crippen molar-refractivity contribution < 1.29 is 28.7 Å². The average Bonchev–Trinajstić information content (AvgIpc) is 3.05. The van der Waals surface area contributed by atoms with Crippen LogP contribution in [-0.2, 0) is 29.3 Å². The van der Waals surface area contributed by atoms with E-state index in [1.807, 2.05) is 18.2 Å². The van der Waals surface area contributed by atoms with Crippen molar-refractivity contribution in [3.63, 3.8) is 0 Å². The fourth-order valence-electron chi connectivity index (χ4n) is 4.34. The first-order valence-electron chi connectivity index (χ1n) is 11.0. The van der Waals surface area contributed by atoms with E-state index in [1.54, 1.807) is 36.0 Å². The van der Waals surface area contributed by atoms with E-state index < -0.39 is 5.41 Å². The molecule has 32 heavy (non-hydrogen) atoms. The number of hydrogen-bond donors (Lipinski definition) is 0. The van der Waals surface area contributed by atoms with Gasteiger partial charge in [0.1, 0.15) is 0 Å². The predicted molar refractivity (Wildman–Crippen MR) is 116 cm³/mol. The molecule has 2 heterocycles. The maximum Gasteiger partial charge on any atom is 0.409 e. The quantitative estimate of drug-likeness (QED) is 0.443. The van der Waals surface area contributed by atoms with Gasteiger partial charge in [-0.15, -0.1) is 0 Å². The van der Waals surface area contributed by atoms with Crippen molar-refractivity contribution in [2.45, 2.75) is 31.6 Å². The fraction of sp³-hybridized carbons (Fsp3) is 0.565. The second-order valence-electron chi connectivity index (χ2n) is 8.07. The Morgan fingerprint density at radius 3 is 2.31 bits per heavy atom. The van der Waals surface area contributed by atoms with Crippen LogP contribution in [0, 0.1) is 0 Å². The van der Waals surface area contributed by atoms with E-state index in [1.165, 1.54) is 4.90 Å². The number of ether oxygens (including phenoxy) is 2. The molecule has 4 amide bonds. The Morgan fingerprint density at radius 2 is 1.69 bits per heavy atom. The molecule has 174 valence electrons. The van der Waals surface area contributed by atoms with E-state index in [-0.39, 0.29) is 43.2 Å². The normalized spacial score (nSPS) is 21.2. The first kappa shape index (κ1) is 23.7. The van der Waals surface area contributed by atoms with Crippen molar-refractivity contribution >= 4 is 23.8 Å². The zero-order valence-electron chi connectivity index (χ0n) is 18.7. The van der Waals surface area contributed by atoms with Crippen molar-refractivity contribution in [2.24, 2.45) is 0 Å². The van der Waals surface area contributed by atoms with Crippen LogP contribution < -0.4 is 0 Å². The third-order valence-electron chi connectivity index (χ3n) is 6.08. The number of hydrogen-bond acceptors (Lipinski definition) is 6. The maximum atomic E-state index is 13.5. The van der Waals surface area contributed by atoms with Crippen molar-refractivity contribution in [2.75, 3.05) is 53.0 Å². The molecule has 2 aliphatic heterocycles. The van der Waals surface area contributed by atoms with Crippen LogP contribution in [0.4, 0.5) is 4.79 Å². The molecular weight excluding hydrogens is 414 g/mol. The van der Waals surface area contributed by atoms with Gasteiger partial charge in [0.15, 0.2) is 0 Å². The number of amides is 4. The number of carbonyl (C=O) groups excluding carboxylic acids is 4. The first-order chi connectivity index (χ1) is 15.4. The second-order valence-corrected chi connectivity index (χ2v) is 8.07. The van der Waals surface area contributed by atoms with Gasteiger partial charge in [-0.3, -0.25) is 19.3 Å². The van der Waals surface area contributed by atoms with Gasteiger partial charge in [0.05, 0.1) is 12.0 Å². The highest BCUT2D eigenvalue weighted by molar-refractivity contribution is 6.10. The lowest BCUT2D eigenvalue weighted by atomic mass is 9.75. The van der Waals surface area contributed by atoms with Gasteiger partial charge >= 0.3 is 6.09 Å². The number of nitrogens with zero attached hydrogens (tertiary/aromatic N) is 3. The summed E-state index contributed by atoms with van der Waals surface area (Å²) in [5.74, 6) is -0.796. The van der Waals surface area contributed by atoms with Gasteiger partial charge in [0.25, 0.3) is 0 Å². The fourth-order valence-corrected chi connectivity index (χ4v) is 4.34. The number of methoxy groups -OCH3 is 1. The Balaban J connectivity index is 1.75. The molecule has 9 heteroatoms. The number of rotatable bonds is 8. The molecule has 0 radical (unpaired) electrons. The molecule has 0 aromatic heterocycles. The van der Waals surface area contributed by atoms with Crippen molar-refractivity contribution in [3.05, 3.63) is 35.9 Å². The number of piperazine rings is 1. The van der Waals surface area contributed by atoms with Crippen LogP contribution >= 0.6 is 0 Å². The summed E-state index contributed by atoms with van der Waals surface area (Å²) in [6.45, 7) is 4.24. The monoisotopic (exact) mass is 445 g/mol. The summed E-state index contributed by atoms with van der Waals surface area (Å²) in [6.07, 6.45) is 0.0468. The molecule has 2 saturated heterocycles. The Bertz CT molecular complexity index is 837. The molecule has 0 unspecified atom stereocenters. The third-order valence-corrected chi connectivity index (χ3v) is 6.08. The highest BCUT2D eigenvalue weighted by Gasteiger charge is 2.53. The molecule has 1 aromatic carbocycles. The maximum absolute atomic E-state index is 13.5. The van der Waals surface area contributed by atoms with Crippen molar-refractivity contribution in [3.8, 4) is 0 Å². The lowest BCUT2D eigenvalue weighted by Crippen LogP contribution is -2.52. The molecule has 0 spiro atoms. The summed E-state index contributed by atoms with van der Waals surface area (Å²) in [5, 5.41) is 0. The predicted octanol–water partition coefficient (Wildman–Crippen LogP) is 1.41. The van der Waals surface area contributed by atoms with Crippen LogP contribution in [0.25, 0.3) is 0 Å². The summed E-state index contributed by atoms with van der Waals surface area (Å²) in [5.41, 5.74) is -0.535. The molecular formula is C23H31N3O6. The van der Waals surface area contributed by atoms with Gasteiger partial charge in [-0.05, 0) is 18.9 Å². The van der Waals surface area contributed by atoms with Gasteiger partial charge in [-0.2, -0.15) is 0 Å². The van der Waals surface area contributed by atoms with Crippen molar-refractivity contribution in [1.29, 1.82) is 0 Å². The highest BCUT2D eigenvalue weighted by atomic mass is 16.6. The molecule has 0 N–H and O–H groups in total. The van der Waals surface area contributed by atoms with Gasteiger partial charge in [0, 0.05) is 59.3 Å². The van der Waals surface area contributed by atoms with Crippen LogP contribution in [0.5, 0.6) is 0 Å². The minimum absolute atomic E-state index is 0.0304. The summed E-state index contributed by atoms with van der Waals surface area (Å²) >= 11 is 0. The smallest absolute Gasteiger partial charge is 0.409 e. The van der Waals surface area contributed by atoms with Crippen LogP contribution in [0.1, 0.15) is 31.7 Å². The third kappa shape index (κ3) is 4.93. The zero-order chi connectivity index (χ0) is 23.1. The largest absolute Gasteiger partial charge is 0.450 e. The number of benzene rings is 1.